The maximum absolute atomic E-state index is 13.8. The van der Waals surface area contributed by atoms with Crippen molar-refractivity contribution in [2.75, 3.05) is 6.54 Å². The van der Waals surface area contributed by atoms with E-state index in [9.17, 15) is 29.1 Å². The van der Waals surface area contributed by atoms with E-state index in [0.29, 0.717) is 32.2 Å². The third kappa shape index (κ3) is 12.8. The number of aliphatic hydroxyl groups is 1. The number of rotatable bonds is 20. The van der Waals surface area contributed by atoms with Crippen LogP contribution in [-0.4, -0.2) is 76.4 Å². The van der Waals surface area contributed by atoms with E-state index in [0.717, 1.165) is 22.0 Å². The number of para-hydroxylation sites is 1. The Kier molecular flexibility index (Phi) is 15.1. The number of unbranched alkanes of at least 4 members (excludes halogenated alkanes) is 1. The highest BCUT2D eigenvalue weighted by molar-refractivity contribution is 5.89. The summed E-state index contributed by atoms with van der Waals surface area (Å²) < 4.78 is 0. The van der Waals surface area contributed by atoms with Gasteiger partial charge in [0.15, 0.2) is 0 Å². The molecule has 260 valence electrons. The first-order valence-electron chi connectivity index (χ1n) is 16.4. The van der Waals surface area contributed by atoms with Gasteiger partial charge in [0.2, 0.25) is 29.5 Å². The highest BCUT2D eigenvalue weighted by Gasteiger charge is 2.28. The maximum Gasteiger partial charge on any atom is 0.242 e. The zero-order chi connectivity index (χ0) is 35.1. The minimum atomic E-state index is -0.997. The summed E-state index contributed by atoms with van der Waals surface area (Å²) in [6.07, 6.45) is 2.63. The maximum atomic E-state index is 13.8. The van der Waals surface area contributed by atoms with Crippen molar-refractivity contribution in [1.29, 1.82) is 0 Å². The smallest absolute Gasteiger partial charge is 0.242 e. The molecule has 0 saturated carbocycles. The molecule has 2 aromatic carbocycles. The average Bonchev–Trinajstić information content (AvgIpc) is 3.42. The van der Waals surface area contributed by atoms with Crippen LogP contribution in [0.25, 0.3) is 10.9 Å². The highest BCUT2D eigenvalue weighted by atomic mass is 16.3. The predicted molar refractivity (Wildman–Crippen MR) is 183 cm³/mol. The van der Waals surface area contributed by atoms with E-state index in [1.165, 1.54) is 13.8 Å². The van der Waals surface area contributed by atoms with Gasteiger partial charge in [0, 0.05) is 55.4 Å². The fraction of sp³-hybridized carbons (Fsp3) is 0.457. The standard InChI is InChI=1S/C35H49N7O6/c1-22(43)31(39-23(2)44)20-34(47)42-30(14-8-9-15-36)35(48)41-27(17-25-21-38-29-13-7-6-12-28(25)29)19-33(46)40-26(18-32(37)45)16-24-10-4-3-5-11-24/h3-7,10-13,21-22,26-27,30-31,38,43H,8-9,14-20,36H2,1-2H3,(H2,37,45)(H,39,44)(H,40,46)(H,41,48)(H,42,47)/t22-,26-,27-,30+,31+/m0/s1. The third-order valence-electron chi connectivity index (χ3n) is 8.03. The second-order valence-corrected chi connectivity index (χ2v) is 12.3. The number of primary amides is 1. The summed E-state index contributed by atoms with van der Waals surface area (Å²) in [5.74, 6) is -2.33. The van der Waals surface area contributed by atoms with E-state index >= 15 is 0 Å². The predicted octanol–water partition coefficient (Wildman–Crippen LogP) is 1.08. The van der Waals surface area contributed by atoms with E-state index in [-0.39, 0.29) is 31.6 Å². The number of fused-ring (bicyclic) bond motifs is 1. The van der Waals surface area contributed by atoms with Gasteiger partial charge in [-0.1, -0.05) is 48.5 Å². The van der Waals surface area contributed by atoms with Crippen LogP contribution in [0.5, 0.6) is 0 Å². The molecule has 13 nitrogen and oxygen atoms in total. The molecule has 0 aliphatic heterocycles. The molecule has 0 aliphatic rings. The Hall–Kier alpha value is -4.75. The molecule has 0 fully saturated rings. The van der Waals surface area contributed by atoms with Gasteiger partial charge in [-0.2, -0.15) is 0 Å². The molecule has 0 aliphatic carbocycles. The van der Waals surface area contributed by atoms with Crippen molar-refractivity contribution in [2.45, 2.75) is 95.5 Å². The number of hydrogen-bond acceptors (Lipinski definition) is 7. The van der Waals surface area contributed by atoms with Gasteiger partial charge in [-0.3, -0.25) is 24.0 Å². The molecule has 5 amide bonds. The van der Waals surface area contributed by atoms with Crippen LogP contribution in [0.3, 0.4) is 0 Å². The summed E-state index contributed by atoms with van der Waals surface area (Å²) in [4.78, 5) is 66.9. The van der Waals surface area contributed by atoms with Gasteiger partial charge in [0.05, 0.1) is 12.1 Å². The lowest BCUT2D eigenvalue weighted by Gasteiger charge is -2.26. The number of aliphatic hydroxyl groups excluding tert-OH is 1. The van der Waals surface area contributed by atoms with Gasteiger partial charge >= 0.3 is 0 Å². The molecule has 3 aromatic rings. The number of amides is 5. The lowest BCUT2D eigenvalue weighted by atomic mass is 9.99. The summed E-state index contributed by atoms with van der Waals surface area (Å²) in [6, 6.07) is 14.1. The Morgan fingerprint density at radius 2 is 1.48 bits per heavy atom. The van der Waals surface area contributed by atoms with Gasteiger partial charge in [0.1, 0.15) is 6.04 Å². The van der Waals surface area contributed by atoms with E-state index < -0.39 is 53.9 Å². The fourth-order valence-electron chi connectivity index (χ4n) is 5.69. The second kappa shape index (κ2) is 19.2. The van der Waals surface area contributed by atoms with Crippen LogP contribution in [0.4, 0.5) is 0 Å². The first kappa shape index (κ1) is 37.7. The fourth-order valence-corrected chi connectivity index (χ4v) is 5.69. The molecule has 0 bridgehead atoms. The number of carbonyl (C=O) groups excluding carboxylic acids is 5. The molecular weight excluding hydrogens is 614 g/mol. The van der Waals surface area contributed by atoms with Gasteiger partial charge < -0.3 is 42.8 Å². The van der Waals surface area contributed by atoms with E-state index in [2.05, 4.69) is 26.3 Å². The van der Waals surface area contributed by atoms with Crippen molar-refractivity contribution < 1.29 is 29.1 Å². The molecular formula is C35H49N7O6. The van der Waals surface area contributed by atoms with Crippen molar-refractivity contribution in [1.82, 2.24) is 26.3 Å². The molecule has 48 heavy (non-hydrogen) atoms. The topological polar surface area (TPSA) is 222 Å². The zero-order valence-electron chi connectivity index (χ0n) is 27.7. The number of nitrogens with one attached hydrogen (secondary N) is 5. The number of carbonyl (C=O) groups is 5. The summed E-state index contributed by atoms with van der Waals surface area (Å²) in [6.45, 7) is 3.17. The molecule has 10 N–H and O–H groups in total. The lowest BCUT2D eigenvalue weighted by molar-refractivity contribution is -0.131. The summed E-state index contributed by atoms with van der Waals surface area (Å²) in [7, 11) is 0. The Bertz CT molecular complexity index is 1510. The summed E-state index contributed by atoms with van der Waals surface area (Å²) >= 11 is 0. The Labute approximate surface area is 281 Å². The van der Waals surface area contributed by atoms with Gasteiger partial charge in [0.25, 0.3) is 0 Å². The Morgan fingerprint density at radius 3 is 2.15 bits per heavy atom. The average molecular weight is 664 g/mol. The van der Waals surface area contributed by atoms with Gasteiger partial charge in [-0.15, -0.1) is 0 Å². The highest BCUT2D eigenvalue weighted by Crippen LogP contribution is 2.20. The molecule has 5 atom stereocenters. The van der Waals surface area contributed by atoms with E-state index in [4.69, 9.17) is 11.5 Å². The second-order valence-electron chi connectivity index (χ2n) is 12.3. The minimum absolute atomic E-state index is 0.0543. The SMILES string of the molecule is CC(=O)N[C@H](CC(=O)N[C@H](CCCCN)C(=O)N[C@H](CC(=O)N[C@H](CC(N)=O)Cc1ccccc1)Cc1c[nH]c2ccccc12)[C@H](C)O. The van der Waals surface area contributed by atoms with Crippen molar-refractivity contribution in [2.24, 2.45) is 11.5 Å². The quantitative estimate of drug-likeness (QED) is 0.0821. The number of hydrogen-bond donors (Lipinski definition) is 8. The zero-order valence-corrected chi connectivity index (χ0v) is 27.7. The first-order valence-corrected chi connectivity index (χ1v) is 16.4. The van der Waals surface area contributed by atoms with Crippen LogP contribution in [-0.2, 0) is 36.8 Å². The molecule has 0 unspecified atom stereocenters. The van der Waals surface area contributed by atoms with Gasteiger partial charge in [-0.05, 0) is 62.8 Å². The lowest BCUT2D eigenvalue weighted by Crippen LogP contribution is -2.53. The molecule has 0 radical (unpaired) electrons. The Balaban J connectivity index is 1.81. The largest absolute Gasteiger partial charge is 0.391 e. The van der Waals surface area contributed by atoms with Gasteiger partial charge in [-0.25, -0.2) is 0 Å². The summed E-state index contributed by atoms with van der Waals surface area (Å²) in [5, 5.41) is 22.2. The molecule has 1 aromatic heterocycles. The van der Waals surface area contributed by atoms with E-state index in [1.54, 1.807) is 0 Å². The van der Waals surface area contributed by atoms with Crippen LogP contribution in [0.15, 0.2) is 60.8 Å². The molecule has 13 heteroatoms. The van der Waals surface area contributed by atoms with Crippen LogP contribution in [0.2, 0.25) is 0 Å². The Morgan fingerprint density at radius 1 is 0.812 bits per heavy atom. The van der Waals surface area contributed by atoms with Crippen LogP contribution < -0.4 is 32.7 Å². The number of benzene rings is 2. The number of H-pyrrole nitrogens is 1. The third-order valence-corrected chi connectivity index (χ3v) is 8.03. The molecule has 0 saturated heterocycles. The first-order chi connectivity index (χ1) is 22.9. The number of aromatic nitrogens is 1. The van der Waals surface area contributed by atoms with E-state index in [1.807, 2.05) is 60.8 Å². The van der Waals surface area contributed by atoms with Crippen molar-refractivity contribution >= 4 is 40.4 Å². The van der Waals surface area contributed by atoms with Crippen LogP contribution >= 0.6 is 0 Å². The minimum Gasteiger partial charge on any atom is -0.391 e. The van der Waals surface area contributed by atoms with Crippen LogP contribution in [0, 0.1) is 0 Å². The van der Waals surface area contributed by atoms with Crippen LogP contribution in [0.1, 0.15) is 63.5 Å². The normalized spacial score (nSPS) is 14.2. The molecule has 3 rings (SSSR count). The van der Waals surface area contributed by atoms with Crippen molar-refractivity contribution in [3.8, 4) is 0 Å². The summed E-state index contributed by atoms with van der Waals surface area (Å²) in [5.41, 5.74) is 13.9. The number of aromatic amines is 1. The number of nitrogens with two attached hydrogens (primary N) is 2. The molecule has 1 heterocycles. The van der Waals surface area contributed by atoms with Crippen molar-refractivity contribution in [3.05, 3.63) is 71.9 Å². The molecule has 0 spiro atoms. The monoisotopic (exact) mass is 663 g/mol. The van der Waals surface area contributed by atoms with Crippen molar-refractivity contribution in [3.63, 3.8) is 0 Å².